The topological polar surface area (TPSA) is 83.5 Å². The standard InChI is InChI=1S/C13H17NO4S2/c1-13(6-3-7-19-13)9-14-20(17,18)11-5-2-4-10(8-11)12(15)16/h2,4-5,8,14H,3,6-7,9H2,1H3,(H,15,16). The SMILES string of the molecule is CC1(CNS(=O)(=O)c2cccc(C(=O)O)c2)CCCS1. The Morgan fingerprint density at radius 3 is 2.85 bits per heavy atom. The van der Waals surface area contributed by atoms with Crippen molar-refractivity contribution in [2.24, 2.45) is 0 Å². The Kier molecular flexibility index (Phi) is 4.41. The number of hydrogen-bond donors (Lipinski definition) is 2. The molecule has 1 saturated heterocycles. The van der Waals surface area contributed by atoms with E-state index >= 15 is 0 Å². The molecule has 20 heavy (non-hydrogen) atoms. The van der Waals surface area contributed by atoms with Crippen LogP contribution in [0.5, 0.6) is 0 Å². The number of sulfonamides is 1. The fraction of sp³-hybridized carbons (Fsp3) is 0.462. The number of carbonyl (C=O) groups is 1. The second kappa shape index (κ2) is 5.75. The molecule has 1 fully saturated rings. The maximum absolute atomic E-state index is 12.2. The van der Waals surface area contributed by atoms with Gasteiger partial charge in [0.1, 0.15) is 0 Å². The number of carboxylic acids is 1. The molecule has 0 bridgehead atoms. The van der Waals surface area contributed by atoms with Crippen molar-refractivity contribution in [3.63, 3.8) is 0 Å². The fourth-order valence-electron chi connectivity index (χ4n) is 2.10. The summed E-state index contributed by atoms with van der Waals surface area (Å²) in [4.78, 5) is 10.9. The molecule has 7 heteroatoms. The third-order valence-corrected chi connectivity index (χ3v) is 6.26. The summed E-state index contributed by atoms with van der Waals surface area (Å²) in [5.74, 6) is -0.0902. The number of thioether (sulfide) groups is 1. The summed E-state index contributed by atoms with van der Waals surface area (Å²) >= 11 is 1.77. The molecule has 0 saturated carbocycles. The van der Waals surface area contributed by atoms with Gasteiger partial charge in [0.25, 0.3) is 0 Å². The van der Waals surface area contributed by atoms with Crippen LogP contribution in [-0.2, 0) is 10.0 Å². The Morgan fingerprint density at radius 1 is 1.50 bits per heavy atom. The molecule has 1 aliphatic rings. The first kappa shape index (κ1) is 15.3. The Morgan fingerprint density at radius 2 is 2.25 bits per heavy atom. The molecule has 0 aromatic heterocycles. The molecule has 0 aliphatic carbocycles. The summed E-state index contributed by atoms with van der Waals surface area (Å²) in [7, 11) is -3.67. The van der Waals surface area contributed by atoms with Crippen molar-refractivity contribution in [3.05, 3.63) is 29.8 Å². The van der Waals surface area contributed by atoms with Crippen LogP contribution in [0.3, 0.4) is 0 Å². The molecule has 1 aliphatic heterocycles. The van der Waals surface area contributed by atoms with E-state index in [1.165, 1.54) is 24.3 Å². The van der Waals surface area contributed by atoms with E-state index in [0.717, 1.165) is 18.6 Å². The Bertz CT molecular complexity index is 607. The average molecular weight is 315 g/mol. The summed E-state index contributed by atoms with van der Waals surface area (Å²) < 4.78 is 26.9. The van der Waals surface area contributed by atoms with Crippen LogP contribution in [0.15, 0.2) is 29.2 Å². The van der Waals surface area contributed by atoms with Crippen molar-refractivity contribution < 1.29 is 18.3 Å². The number of aromatic carboxylic acids is 1. The molecule has 5 nitrogen and oxygen atoms in total. The van der Waals surface area contributed by atoms with E-state index in [4.69, 9.17) is 5.11 Å². The second-order valence-electron chi connectivity index (χ2n) is 5.06. The smallest absolute Gasteiger partial charge is 0.335 e. The molecule has 2 rings (SSSR count). The lowest BCUT2D eigenvalue weighted by molar-refractivity contribution is 0.0696. The zero-order valence-electron chi connectivity index (χ0n) is 11.1. The molecule has 0 spiro atoms. The van der Waals surface area contributed by atoms with Gasteiger partial charge in [-0.3, -0.25) is 0 Å². The van der Waals surface area contributed by atoms with Gasteiger partial charge in [-0.1, -0.05) is 6.07 Å². The first-order valence-electron chi connectivity index (χ1n) is 6.29. The highest BCUT2D eigenvalue weighted by Crippen LogP contribution is 2.37. The van der Waals surface area contributed by atoms with Gasteiger partial charge in [0.15, 0.2) is 0 Å². The normalized spacial score (nSPS) is 22.9. The van der Waals surface area contributed by atoms with Gasteiger partial charge in [-0.15, -0.1) is 0 Å². The Balaban J connectivity index is 2.14. The third kappa shape index (κ3) is 3.53. The van der Waals surface area contributed by atoms with E-state index in [1.54, 1.807) is 11.8 Å². The number of nitrogens with one attached hydrogen (secondary N) is 1. The van der Waals surface area contributed by atoms with Crippen LogP contribution in [0.1, 0.15) is 30.1 Å². The van der Waals surface area contributed by atoms with Gasteiger partial charge in [0, 0.05) is 11.3 Å². The number of rotatable bonds is 5. The highest BCUT2D eigenvalue weighted by atomic mass is 32.2. The van der Waals surface area contributed by atoms with Crippen molar-refractivity contribution in [1.29, 1.82) is 0 Å². The van der Waals surface area contributed by atoms with Crippen LogP contribution in [0.2, 0.25) is 0 Å². The molecule has 1 aromatic carbocycles. The van der Waals surface area contributed by atoms with E-state index in [2.05, 4.69) is 4.72 Å². The number of carboxylic acid groups (broad SMARTS) is 1. The van der Waals surface area contributed by atoms with Gasteiger partial charge in [-0.2, -0.15) is 11.8 Å². The lowest BCUT2D eigenvalue weighted by Gasteiger charge is -2.22. The van der Waals surface area contributed by atoms with Gasteiger partial charge in [-0.05, 0) is 43.7 Å². The van der Waals surface area contributed by atoms with Crippen molar-refractivity contribution in [2.45, 2.75) is 29.4 Å². The van der Waals surface area contributed by atoms with Crippen molar-refractivity contribution in [1.82, 2.24) is 4.72 Å². The van der Waals surface area contributed by atoms with Gasteiger partial charge < -0.3 is 5.11 Å². The molecule has 110 valence electrons. The first-order valence-corrected chi connectivity index (χ1v) is 8.76. The summed E-state index contributed by atoms with van der Waals surface area (Å²) in [6, 6.07) is 5.38. The van der Waals surface area contributed by atoms with E-state index < -0.39 is 16.0 Å². The zero-order valence-corrected chi connectivity index (χ0v) is 12.8. The fourth-order valence-corrected chi connectivity index (χ4v) is 4.65. The van der Waals surface area contributed by atoms with Crippen molar-refractivity contribution in [2.75, 3.05) is 12.3 Å². The number of hydrogen-bond acceptors (Lipinski definition) is 4. The molecule has 1 atom stereocenters. The first-order chi connectivity index (χ1) is 9.32. The molecular weight excluding hydrogens is 298 g/mol. The highest BCUT2D eigenvalue weighted by Gasteiger charge is 2.31. The minimum atomic E-state index is -3.67. The van der Waals surface area contributed by atoms with Gasteiger partial charge in [0.2, 0.25) is 10.0 Å². The molecule has 1 heterocycles. The Labute approximate surface area is 122 Å². The van der Waals surface area contributed by atoms with Gasteiger partial charge >= 0.3 is 5.97 Å². The minimum Gasteiger partial charge on any atom is -0.478 e. The van der Waals surface area contributed by atoms with Crippen molar-refractivity contribution in [3.8, 4) is 0 Å². The van der Waals surface area contributed by atoms with Crippen LogP contribution in [0.4, 0.5) is 0 Å². The third-order valence-electron chi connectivity index (χ3n) is 3.33. The van der Waals surface area contributed by atoms with Gasteiger partial charge in [-0.25, -0.2) is 17.9 Å². The quantitative estimate of drug-likeness (QED) is 0.867. The van der Waals surface area contributed by atoms with Crippen LogP contribution >= 0.6 is 11.8 Å². The predicted molar refractivity (Wildman–Crippen MR) is 78.7 cm³/mol. The summed E-state index contributed by atoms with van der Waals surface area (Å²) in [5.41, 5.74) is -0.0330. The number of benzene rings is 1. The molecule has 0 radical (unpaired) electrons. The minimum absolute atomic E-state index is 0.0102. The lowest BCUT2D eigenvalue weighted by Crippen LogP contribution is -2.36. The van der Waals surface area contributed by atoms with E-state index in [9.17, 15) is 13.2 Å². The summed E-state index contributed by atoms with van der Waals surface area (Å²) in [6.07, 6.45) is 2.08. The maximum atomic E-state index is 12.2. The molecule has 0 amide bonds. The average Bonchev–Trinajstić information content (AvgIpc) is 2.84. The largest absolute Gasteiger partial charge is 0.478 e. The highest BCUT2D eigenvalue weighted by molar-refractivity contribution is 8.01. The summed E-state index contributed by atoms with van der Waals surface area (Å²) in [6.45, 7) is 2.40. The lowest BCUT2D eigenvalue weighted by atomic mass is 10.1. The summed E-state index contributed by atoms with van der Waals surface area (Å²) in [5, 5.41) is 8.90. The predicted octanol–water partition coefficient (Wildman–Crippen LogP) is 1.95. The zero-order chi connectivity index (χ0) is 14.8. The molecule has 2 N–H and O–H groups in total. The molecular formula is C13H17NO4S2. The van der Waals surface area contributed by atoms with Crippen LogP contribution < -0.4 is 4.72 Å². The van der Waals surface area contributed by atoms with Crippen LogP contribution in [0.25, 0.3) is 0 Å². The second-order valence-corrected chi connectivity index (χ2v) is 8.51. The maximum Gasteiger partial charge on any atom is 0.335 e. The van der Waals surface area contributed by atoms with Crippen molar-refractivity contribution >= 4 is 27.8 Å². The Hall–Kier alpha value is -1.05. The molecule has 1 unspecified atom stereocenters. The van der Waals surface area contributed by atoms with E-state index in [1.807, 2.05) is 6.92 Å². The van der Waals surface area contributed by atoms with Gasteiger partial charge in [0.05, 0.1) is 10.5 Å². The van der Waals surface area contributed by atoms with E-state index in [-0.39, 0.29) is 15.2 Å². The van der Waals surface area contributed by atoms with Crippen LogP contribution in [-0.4, -0.2) is 36.5 Å². The monoisotopic (exact) mass is 315 g/mol. The van der Waals surface area contributed by atoms with E-state index in [0.29, 0.717) is 6.54 Å². The van der Waals surface area contributed by atoms with Crippen LogP contribution in [0, 0.1) is 0 Å². The molecule has 1 aromatic rings.